The van der Waals surface area contributed by atoms with E-state index in [1.807, 2.05) is 30.7 Å². The summed E-state index contributed by atoms with van der Waals surface area (Å²) in [6.45, 7) is 4.90. The smallest absolute Gasteiger partial charge is 0.246 e. The van der Waals surface area contributed by atoms with Crippen molar-refractivity contribution in [1.29, 1.82) is 0 Å². The maximum absolute atomic E-state index is 12.5. The number of aromatic nitrogens is 2. The van der Waals surface area contributed by atoms with Crippen molar-refractivity contribution in [3.05, 3.63) is 47.0 Å². The van der Waals surface area contributed by atoms with E-state index in [9.17, 15) is 8.42 Å². The molecule has 26 heavy (non-hydrogen) atoms. The Hall–Kier alpha value is -2.23. The van der Waals surface area contributed by atoms with Crippen LogP contribution in [0.3, 0.4) is 0 Å². The monoisotopic (exact) mass is 392 g/mol. The lowest BCUT2D eigenvalue weighted by Gasteiger charge is -2.18. The Bertz CT molecular complexity index is 931. The highest BCUT2D eigenvalue weighted by molar-refractivity contribution is 7.89. The Balaban J connectivity index is 1.65. The van der Waals surface area contributed by atoms with Gasteiger partial charge in [0, 0.05) is 29.7 Å². The molecule has 1 aromatic carbocycles. The van der Waals surface area contributed by atoms with Gasteiger partial charge in [0.2, 0.25) is 21.7 Å². The minimum absolute atomic E-state index is 0.282. The van der Waals surface area contributed by atoms with E-state index in [0.717, 1.165) is 11.3 Å². The highest BCUT2D eigenvalue weighted by Gasteiger charge is 2.21. The Kier molecular flexibility index (Phi) is 5.70. The molecule has 0 aliphatic heterocycles. The van der Waals surface area contributed by atoms with E-state index in [1.54, 1.807) is 35.6 Å². The molecule has 0 saturated carbocycles. The number of hydrogen-bond donors (Lipinski definition) is 1. The average molecular weight is 393 g/mol. The van der Waals surface area contributed by atoms with Crippen molar-refractivity contribution in [2.24, 2.45) is 0 Å². The summed E-state index contributed by atoms with van der Waals surface area (Å²) in [5.41, 5.74) is 1.70. The van der Waals surface area contributed by atoms with Crippen LogP contribution < -0.4 is 5.32 Å². The molecule has 138 valence electrons. The Labute approximate surface area is 156 Å². The first kappa shape index (κ1) is 18.6. The first-order chi connectivity index (χ1) is 12.5. The van der Waals surface area contributed by atoms with E-state index in [1.165, 1.54) is 4.31 Å². The summed E-state index contributed by atoms with van der Waals surface area (Å²) in [6, 6.07) is 8.59. The fourth-order valence-electron chi connectivity index (χ4n) is 2.47. The number of nitrogens with one attached hydrogen (secondary N) is 1. The van der Waals surface area contributed by atoms with Crippen LogP contribution in [-0.2, 0) is 16.6 Å². The second kappa shape index (κ2) is 7.98. The largest absolute Gasteiger partial charge is 0.376 e. The molecule has 3 aromatic rings. The molecule has 0 aliphatic carbocycles. The molecule has 7 nitrogen and oxygen atoms in total. The molecule has 0 aliphatic rings. The number of anilines is 1. The van der Waals surface area contributed by atoms with Gasteiger partial charge in [-0.25, -0.2) is 8.42 Å². The van der Waals surface area contributed by atoms with Crippen LogP contribution in [0.15, 0.2) is 50.5 Å². The molecule has 2 aromatic heterocycles. The molecule has 0 atom stereocenters. The fraction of sp³-hybridized carbons (Fsp3) is 0.294. The van der Waals surface area contributed by atoms with Gasteiger partial charge in [-0.2, -0.15) is 20.6 Å². The molecule has 0 bridgehead atoms. The van der Waals surface area contributed by atoms with Crippen LogP contribution in [0.1, 0.15) is 19.7 Å². The topological polar surface area (TPSA) is 88.3 Å². The zero-order valence-electron chi connectivity index (χ0n) is 14.5. The first-order valence-corrected chi connectivity index (χ1v) is 10.6. The lowest BCUT2D eigenvalue weighted by atomic mass is 10.3. The Morgan fingerprint density at radius 2 is 1.88 bits per heavy atom. The van der Waals surface area contributed by atoms with Crippen molar-refractivity contribution in [1.82, 2.24) is 14.4 Å². The molecule has 0 amide bonds. The molecule has 0 unspecified atom stereocenters. The summed E-state index contributed by atoms with van der Waals surface area (Å²) in [4.78, 5) is 4.62. The molecule has 1 N–H and O–H groups in total. The molecule has 0 radical (unpaired) electrons. The van der Waals surface area contributed by atoms with Gasteiger partial charge in [0.15, 0.2) is 0 Å². The van der Waals surface area contributed by atoms with Crippen LogP contribution in [0.4, 0.5) is 5.69 Å². The Morgan fingerprint density at radius 3 is 2.50 bits per heavy atom. The normalized spacial score (nSPS) is 11.8. The van der Waals surface area contributed by atoms with Crippen molar-refractivity contribution in [2.75, 3.05) is 18.4 Å². The third kappa shape index (κ3) is 3.95. The number of nitrogens with zero attached hydrogens (tertiary/aromatic N) is 3. The second-order valence-corrected chi connectivity index (χ2v) is 8.21. The third-order valence-electron chi connectivity index (χ3n) is 3.89. The van der Waals surface area contributed by atoms with E-state index in [0.29, 0.717) is 31.3 Å². The average Bonchev–Trinajstić information content (AvgIpc) is 3.32. The SMILES string of the molecule is CCN(CC)S(=O)(=O)c1ccc(NCc2nc(-c3ccsc3)no2)cc1. The summed E-state index contributed by atoms with van der Waals surface area (Å²) in [7, 11) is -3.44. The molecule has 0 spiro atoms. The maximum Gasteiger partial charge on any atom is 0.246 e. The van der Waals surface area contributed by atoms with Gasteiger partial charge in [0.25, 0.3) is 0 Å². The third-order valence-corrected chi connectivity index (χ3v) is 6.64. The molecule has 0 saturated heterocycles. The second-order valence-electron chi connectivity index (χ2n) is 5.49. The van der Waals surface area contributed by atoms with Gasteiger partial charge < -0.3 is 9.84 Å². The fourth-order valence-corrected chi connectivity index (χ4v) is 4.56. The van der Waals surface area contributed by atoms with E-state index < -0.39 is 10.0 Å². The summed E-state index contributed by atoms with van der Waals surface area (Å²) in [5, 5.41) is 11.0. The molecular formula is C17H20N4O3S2. The van der Waals surface area contributed by atoms with Gasteiger partial charge in [-0.15, -0.1) is 0 Å². The lowest BCUT2D eigenvalue weighted by molar-refractivity contribution is 0.384. The van der Waals surface area contributed by atoms with Gasteiger partial charge in [-0.05, 0) is 35.7 Å². The van der Waals surface area contributed by atoms with Crippen LogP contribution in [0.5, 0.6) is 0 Å². The highest BCUT2D eigenvalue weighted by Crippen LogP contribution is 2.20. The predicted octanol–water partition coefficient (Wildman–Crippen LogP) is 3.44. The minimum atomic E-state index is -3.44. The van der Waals surface area contributed by atoms with E-state index in [-0.39, 0.29) is 4.90 Å². The molecule has 0 fully saturated rings. The standard InChI is InChI=1S/C17H20N4O3S2/c1-3-21(4-2)26(22,23)15-7-5-14(6-8-15)18-11-16-19-17(20-24-16)13-9-10-25-12-13/h5-10,12,18H,3-4,11H2,1-2H3. The first-order valence-electron chi connectivity index (χ1n) is 8.23. The number of hydrogen-bond acceptors (Lipinski definition) is 7. The number of thiophene rings is 1. The van der Waals surface area contributed by atoms with E-state index >= 15 is 0 Å². The molecule has 2 heterocycles. The van der Waals surface area contributed by atoms with Crippen LogP contribution in [0, 0.1) is 0 Å². The van der Waals surface area contributed by atoms with Crippen molar-refractivity contribution >= 4 is 27.0 Å². The van der Waals surface area contributed by atoms with Gasteiger partial charge in [0.1, 0.15) is 0 Å². The Morgan fingerprint density at radius 1 is 1.15 bits per heavy atom. The highest BCUT2D eigenvalue weighted by atomic mass is 32.2. The van der Waals surface area contributed by atoms with Crippen molar-refractivity contribution in [3.8, 4) is 11.4 Å². The summed E-state index contributed by atoms with van der Waals surface area (Å²) < 4.78 is 31.6. The van der Waals surface area contributed by atoms with Crippen LogP contribution in [0.25, 0.3) is 11.4 Å². The minimum Gasteiger partial charge on any atom is -0.376 e. The quantitative estimate of drug-likeness (QED) is 0.632. The summed E-state index contributed by atoms with van der Waals surface area (Å²) in [6.07, 6.45) is 0. The predicted molar refractivity (Wildman–Crippen MR) is 101 cm³/mol. The van der Waals surface area contributed by atoms with Gasteiger partial charge in [-0.3, -0.25) is 0 Å². The zero-order chi connectivity index (χ0) is 18.6. The zero-order valence-corrected chi connectivity index (χ0v) is 16.2. The van der Waals surface area contributed by atoms with E-state index in [2.05, 4.69) is 15.5 Å². The van der Waals surface area contributed by atoms with Gasteiger partial charge in [0.05, 0.1) is 11.4 Å². The van der Waals surface area contributed by atoms with Crippen LogP contribution in [0.2, 0.25) is 0 Å². The van der Waals surface area contributed by atoms with E-state index in [4.69, 9.17) is 4.52 Å². The van der Waals surface area contributed by atoms with Gasteiger partial charge >= 0.3 is 0 Å². The molecule has 9 heteroatoms. The van der Waals surface area contributed by atoms with Gasteiger partial charge in [-0.1, -0.05) is 19.0 Å². The van der Waals surface area contributed by atoms with Crippen molar-refractivity contribution in [2.45, 2.75) is 25.3 Å². The number of benzene rings is 1. The van der Waals surface area contributed by atoms with Crippen molar-refractivity contribution < 1.29 is 12.9 Å². The van der Waals surface area contributed by atoms with Crippen LogP contribution >= 0.6 is 11.3 Å². The number of rotatable bonds is 8. The maximum atomic E-state index is 12.5. The lowest BCUT2D eigenvalue weighted by Crippen LogP contribution is -2.30. The summed E-state index contributed by atoms with van der Waals surface area (Å²) in [5.74, 6) is 1.02. The van der Waals surface area contributed by atoms with Crippen molar-refractivity contribution in [3.63, 3.8) is 0 Å². The molecular weight excluding hydrogens is 372 g/mol. The summed E-state index contributed by atoms with van der Waals surface area (Å²) >= 11 is 1.57. The van der Waals surface area contributed by atoms with Crippen LogP contribution in [-0.4, -0.2) is 36.0 Å². The number of sulfonamides is 1. The molecule has 3 rings (SSSR count).